The number of ether oxygens (including phenoxy) is 2. The molecule has 3 aliphatic heterocycles. The van der Waals surface area contributed by atoms with Gasteiger partial charge in [0.15, 0.2) is 5.82 Å². The van der Waals surface area contributed by atoms with Gasteiger partial charge in [0.1, 0.15) is 17.2 Å². The lowest BCUT2D eigenvalue weighted by Gasteiger charge is -2.37. The molecule has 2 aromatic heterocycles. The van der Waals surface area contributed by atoms with Crippen LogP contribution in [0, 0.1) is 13.8 Å². The van der Waals surface area contributed by atoms with Crippen molar-refractivity contribution in [2.45, 2.75) is 77.2 Å². The molecule has 0 aliphatic carbocycles. The number of hydrogen-bond acceptors (Lipinski definition) is 8. The van der Waals surface area contributed by atoms with Crippen molar-refractivity contribution >= 4 is 22.8 Å². The number of piperidine rings is 1. The normalized spacial score (nSPS) is 25.4. The van der Waals surface area contributed by atoms with E-state index >= 15 is 0 Å². The van der Waals surface area contributed by atoms with Crippen LogP contribution in [0.5, 0.6) is 0 Å². The lowest BCUT2D eigenvalue weighted by Crippen LogP contribution is -2.47. The van der Waals surface area contributed by atoms with Crippen LogP contribution in [0.15, 0.2) is 24.4 Å². The predicted octanol–water partition coefficient (Wildman–Crippen LogP) is 3.50. The summed E-state index contributed by atoms with van der Waals surface area (Å²) >= 11 is 0. The molecule has 10 heteroatoms. The minimum Gasteiger partial charge on any atom is -0.444 e. The molecule has 0 spiro atoms. The fourth-order valence-electron chi connectivity index (χ4n) is 6.05. The number of fused-ring (bicyclic) bond motifs is 3. The lowest BCUT2D eigenvalue weighted by atomic mass is 9.84. The predicted molar refractivity (Wildman–Crippen MR) is 143 cm³/mol. The van der Waals surface area contributed by atoms with Gasteiger partial charge in [0.2, 0.25) is 0 Å². The molecule has 1 aromatic carbocycles. The molecule has 2 unspecified atom stereocenters. The largest absolute Gasteiger partial charge is 0.444 e. The Bertz CT molecular complexity index is 1380. The molecule has 1 N–H and O–H groups in total. The Morgan fingerprint density at radius 1 is 1.13 bits per heavy atom. The Kier molecular flexibility index (Phi) is 6.07. The number of likely N-dealkylation sites (tertiary alicyclic amines) is 1. The highest BCUT2D eigenvalue weighted by Gasteiger charge is 2.40. The summed E-state index contributed by atoms with van der Waals surface area (Å²) < 4.78 is 13.2. The van der Waals surface area contributed by atoms with Crippen LogP contribution < -0.4 is 4.90 Å². The van der Waals surface area contributed by atoms with E-state index in [1.54, 1.807) is 4.90 Å². The maximum Gasteiger partial charge on any atom is 0.410 e. The van der Waals surface area contributed by atoms with Gasteiger partial charge in [-0.25, -0.2) is 19.4 Å². The number of carbonyl (C=O) groups excluding carboxylic acids is 1. The number of benzene rings is 1. The molecular formula is C28H36N6O4. The summed E-state index contributed by atoms with van der Waals surface area (Å²) in [5.41, 5.74) is 2.53. The van der Waals surface area contributed by atoms with Crippen molar-refractivity contribution in [1.82, 2.24) is 24.6 Å². The molecule has 5 heterocycles. The van der Waals surface area contributed by atoms with Crippen molar-refractivity contribution in [1.29, 1.82) is 0 Å². The molecule has 6 rings (SSSR count). The van der Waals surface area contributed by atoms with Crippen LogP contribution >= 0.6 is 0 Å². The molecule has 3 fully saturated rings. The first-order valence-electron chi connectivity index (χ1n) is 13.4. The zero-order chi connectivity index (χ0) is 26.8. The molecule has 4 atom stereocenters. The summed E-state index contributed by atoms with van der Waals surface area (Å²) in [7, 11) is 0. The molecule has 202 valence electrons. The third-order valence-corrected chi connectivity index (χ3v) is 7.81. The maximum atomic E-state index is 12.6. The lowest BCUT2D eigenvalue weighted by molar-refractivity contribution is -0.00155. The van der Waals surface area contributed by atoms with E-state index in [0.29, 0.717) is 24.8 Å². The van der Waals surface area contributed by atoms with Gasteiger partial charge < -0.3 is 24.4 Å². The molecular weight excluding hydrogens is 484 g/mol. The van der Waals surface area contributed by atoms with Gasteiger partial charge in [0, 0.05) is 30.5 Å². The third-order valence-electron chi connectivity index (χ3n) is 7.81. The van der Waals surface area contributed by atoms with Gasteiger partial charge in [-0.3, -0.25) is 0 Å². The quantitative estimate of drug-likeness (QED) is 0.560. The summed E-state index contributed by atoms with van der Waals surface area (Å²) in [5.74, 6) is 2.23. The summed E-state index contributed by atoms with van der Waals surface area (Å²) in [6.45, 7) is 11.9. The van der Waals surface area contributed by atoms with Crippen molar-refractivity contribution in [3.05, 3.63) is 41.3 Å². The van der Waals surface area contributed by atoms with Crippen LogP contribution in [0.4, 0.5) is 10.6 Å². The summed E-state index contributed by atoms with van der Waals surface area (Å²) in [5, 5.41) is 16.8. The number of amides is 1. The standard InChI is InChI=1S/C28H36N6O4/c1-16-8-18-12-29-34(26-11-25(30-17(2)31-26)33-13-20-9-19(33)15-37-20)23(18)10-22(16)21-6-7-32(14-24(21)35)27(36)38-28(3,4)5/h8,10-12,19-21,24,35H,6-7,9,13-15H2,1-5H3/t19-,20-,21?,24?/m1/s1. The Morgan fingerprint density at radius 2 is 1.92 bits per heavy atom. The topological polar surface area (TPSA) is 106 Å². The number of anilines is 1. The third kappa shape index (κ3) is 4.60. The average molecular weight is 521 g/mol. The molecule has 0 saturated carbocycles. The average Bonchev–Trinajstić information content (AvgIpc) is 3.58. The first-order chi connectivity index (χ1) is 18.1. The monoisotopic (exact) mass is 520 g/mol. The first kappa shape index (κ1) is 25.1. The van der Waals surface area contributed by atoms with Gasteiger partial charge in [-0.1, -0.05) is 0 Å². The molecule has 3 aliphatic rings. The van der Waals surface area contributed by atoms with E-state index in [9.17, 15) is 9.90 Å². The van der Waals surface area contributed by atoms with Gasteiger partial charge in [-0.05, 0) is 70.7 Å². The highest BCUT2D eigenvalue weighted by Crippen LogP contribution is 2.35. The van der Waals surface area contributed by atoms with Gasteiger partial charge in [0.05, 0.1) is 43.1 Å². The van der Waals surface area contributed by atoms with Crippen LogP contribution in [0.2, 0.25) is 0 Å². The van der Waals surface area contributed by atoms with Crippen molar-refractivity contribution in [2.75, 3.05) is 31.1 Å². The van der Waals surface area contributed by atoms with E-state index in [4.69, 9.17) is 19.4 Å². The summed E-state index contributed by atoms with van der Waals surface area (Å²) in [4.78, 5) is 25.9. The van der Waals surface area contributed by atoms with E-state index in [1.165, 1.54) is 0 Å². The number of aliphatic hydroxyl groups excluding tert-OH is 1. The van der Waals surface area contributed by atoms with Crippen molar-refractivity contribution < 1.29 is 19.4 Å². The number of nitrogens with zero attached hydrogens (tertiary/aromatic N) is 6. The van der Waals surface area contributed by atoms with Crippen LogP contribution in [0.25, 0.3) is 16.7 Å². The molecule has 2 bridgehead atoms. The van der Waals surface area contributed by atoms with Crippen LogP contribution in [0.3, 0.4) is 0 Å². The second-order valence-electron chi connectivity index (χ2n) is 11.8. The van der Waals surface area contributed by atoms with Gasteiger partial charge in [-0.2, -0.15) is 5.10 Å². The van der Waals surface area contributed by atoms with Crippen LogP contribution in [-0.2, 0) is 9.47 Å². The summed E-state index contributed by atoms with van der Waals surface area (Å²) in [6, 6.07) is 6.61. The zero-order valence-corrected chi connectivity index (χ0v) is 22.7. The zero-order valence-electron chi connectivity index (χ0n) is 22.7. The Hall–Kier alpha value is -3.24. The SMILES string of the molecule is Cc1nc(N2C[C@H]3C[C@@H]2CO3)cc(-n2ncc3cc(C)c(C4CCN(C(=O)OC(C)(C)C)CC4O)cc32)n1. The maximum absolute atomic E-state index is 12.6. The van der Waals surface area contributed by atoms with E-state index in [1.807, 2.05) is 44.6 Å². The van der Waals surface area contributed by atoms with E-state index < -0.39 is 11.7 Å². The van der Waals surface area contributed by atoms with E-state index in [-0.39, 0.29) is 24.7 Å². The number of aliphatic hydroxyl groups is 1. The second kappa shape index (κ2) is 9.20. The minimum atomic E-state index is -0.690. The smallest absolute Gasteiger partial charge is 0.410 e. The minimum absolute atomic E-state index is 0.0933. The molecule has 10 nitrogen and oxygen atoms in total. The van der Waals surface area contributed by atoms with Gasteiger partial charge >= 0.3 is 6.09 Å². The fourth-order valence-corrected chi connectivity index (χ4v) is 6.05. The van der Waals surface area contributed by atoms with Crippen LogP contribution in [-0.4, -0.2) is 85.9 Å². The number of carbonyl (C=O) groups is 1. The molecule has 3 saturated heterocycles. The fraction of sp³-hybridized carbons (Fsp3) is 0.571. The number of aromatic nitrogens is 4. The van der Waals surface area contributed by atoms with Crippen molar-refractivity contribution in [3.63, 3.8) is 0 Å². The number of morpholine rings is 1. The van der Waals surface area contributed by atoms with Gasteiger partial charge in [0.25, 0.3) is 0 Å². The van der Waals surface area contributed by atoms with Crippen LogP contribution in [0.1, 0.15) is 56.5 Å². The number of hydrogen-bond donors (Lipinski definition) is 1. The Labute approximate surface area is 222 Å². The number of β-amino-alcohol motifs (C(OH)–C–C–N with tert-alkyl or cyclic N) is 1. The highest BCUT2D eigenvalue weighted by molar-refractivity contribution is 5.82. The highest BCUT2D eigenvalue weighted by atomic mass is 16.6. The van der Waals surface area contributed by atoms with Crippen molar-refractivity contribution in [2.24, 2.45) is 0 Å². The molecule has 0 radical (unpaired) electrons. The van der Waals surface area contributed by atoms with E-state index in [2.05, 4.69) is 29.1 Å². The van der Waals surface area contributed by atoms with Gasteiger partial charge in [-0.15, -0.1) is 0 Å². The Morgan fingerprint density at radius 3 is 2.61 bits per heavy atom. The van der Waals surface area contributed by atoms with Crippen molar-refractivity contribution in [3.8, 4) is 5.82 Å². The second-order valence-corrected chi connectivity index (χ2v) is 11.8. The van der Waals surface area contributed by atoms with E-state index in [0.717, 1.165) is 53.2 Å². The number of aryl methyl sites for hydroxylation is 2. The first-order valence-corrected chi connectivity index (χ1v) is 13.4. The Balaban J connectivity index is 1.29. The molecule has 38 heavy (non-hydrogen) atoms. The molecule has 3 aromatic rings. The summed E-state index contributed by atoms with van der Waals surface area (Å²) in [6.07, 6.45) is 2.76. The number of rotatable bonds is 3. The molecule has 1 amide bonds.